The van der Waals surface area contributed by atoms with Crippen molar-refractivity contribution < 1.29 is 14.3 Å². The van der Waals surface area contributed by atoms with Crippen molar-refractivity contribution in [3.05, 3.63) is 102 Å². The predicted molar refractivity (Wildman–Crippen MR) is 144 cm³/mol. The minimum absolute atomic E-state index is 0.137. The Hall–Kier alpha value is -4.92. The molecule has 0 saturated carbocycles. The van der Waals surface area contributed by atoms with Crippen LogP contribution in [0.2, 0.25) is 0 Å². The van der Waals surface area contributed by atoms with Crippen LogP contribution in [0, 0.1) is 13.8 Å². The highest BCUT2D eigenvalue weighted by atomic mass is 16.5. The highest BCUT2D eigenvalue weighted by Gasteiger charge is 2.08. The van der Waals surface area contributed by atoms with Crippen LogP contribution in [0.15, 0.2) is 84.9 Å². The van der Waals surface area contributed by atoms with Crippen molar-refractivity contribution in [3.8, 4) is 0 Å². The van der Waals surface area contributed by atoms with Gasteiger partial charge in [-0.3, -0.25) is 4.79 Å². The Labute approximate surface area is 215 Å². The van der Waals surface area contributed by atoms with E-state index in [-0.39, 0.29) is 19.1 Å². The number of hydrogen-bond acceptors (Lipinski definition) is 7. The first kappa shape index (κ1) is 25.2. The summed E-state index contributed by atoms with van der Waals surface area (Å²) in [7, 11) is 0. The standard InChI is InChI=1S/C28H28N6O3/c1-19-8-10-22(11-9-19)32-25-16-26(31-20(2)30-25)33-23-12-14-24(15-13-23)34-27(35)17-29-28(36)37-18-21-6-4-3-5-7-21/h3-16H,17-18H2,1-2H3,(H,29,36)(H,34,35)(H2,30,31,32,33). The molecule has 37 heavy (non-hydrogen) atoms. The first-order valence-corrected chi connectivity index (χ1v) is 11.7. The maximum atomic E-state index is 12.2. The van der Waals surface area contributed by atoms with Crippen molar-refractivity contribution >= 4 is 40.7 Å². The number of carbonyl (C=O) groups excluding carboxylic acids is 2. The zero-order chi connectivity index (χ0) is 26.0. The Bertz CT molecular complexity index is 1340. The normalized spacial score (nSPS) is 10.3. The summed E-state index contributed by atoms with van der Waals surface area (Å²) in [5, 5.41) is 11.7. The number of hydrogen-bond donors (Lipinski definition) is 4. The highest BCUT2D eigenvalue weighted by molar-refractivity contribution is 5.94. The maximum Gasteiger partial charge on any atom is 0.407 e. The molecule has 0 unspecified atom stereocenters. The van der Waals surface area contributed by atoms with E-state index in [0.29, 0.717) is 23.1 Å². The summed E-state index contributed by atoms with van der Waals surface area (Å²) in [4.78, 5) is 32.9. The Kier molecular flexibility index (Phi) is 8.28. The molecule has 0 saturated heterocycles. The molecule has 0 aliphatic carbocycles. The summed E-state index contributed by atoms with van der Waals surface area (Å²) in [6, 6.07) is 26.3. The molecule has 188 valence electrons. The molecule has 9 heteroatoms. The van der Waals surface area contributed by atoms with Gasteiger partial charge >= 0.3 is 6.09 Å². The van der Waals surface area contributed by atoms with Crippen LogP contribution in [0.25, 0.3) is 0 Å². The van der Waals surface area contributed by atoms with E-state index in [2.05, 4.69) is 31.2 Å². The summed E-state index contributed by atoms with van der Waals surface area (Å²) in [6.45, 7) is 3.80. The quantitative estimate of drug-likeness (QED) is 0.244. The lowest BCUT2D eigenvalue weighted by Gasteiger charge is -2.11. The molecule has 0 aliphatic rings. The second-order valence-corrected chi connectivity index (χ2v) is 8.34. The van der Waals surface area contributed by atoms with Gasteiger partial charge in [0, 0.05) is 23.1 Å². The third-order valence-electron chi connectivity index (χ3n) is 5.21. The molecule has 0 fully saturated rings. The van der Waals surface area contributed by atoms with E-state index < -0.39 is 6.09 Å². The fourth-order valence-electron chi connectivity index (χ4n) is 3.40. The van der Waals surface area contributed by atoms with Crippen LogP contribution >= 0.6 is 0 Å². The van der Waals surface area contributed by atoms with Crippen LogP contribution in [0.3, 0.4) is 0 Å². The van der Waals surface area contributed by atoms with Crippen molar-refractivity contribution in [1.29, 1.82) is 0 Å². The average Bonchev–Trinajstić information content (AvgIpc) is 2.89. The largest absolute Gasteiger partial charge is 0.445 e. The molecule has 0 atom stereocenters. The van der Waals surface area contributed by atoms with Crippen LogP contribution in [0.5, 0.6) is 0 Å². The van der Waals surface area contributed by atoms with Gasteiger partial charge in [0.25, 0.3) is 0 Å². The van der Waals surface area contributed by atoms with Crippen LogP contribution in [-0.2, 0) is 16.1 Å². The van der Waals surface area contributed by atoms with Gasteiger partial charge in [0.2, 0.25) is 5.91 Å². The molecule has 1 aromatic heterocycles. The Morgan fingerprint density at radius 3 is 1.95 bits per heavy atom. The number of ether oxygens (including phenoxy) is 1. The number of aromatic nitrogens is 2. The molecular weight excluding hydrogens is 468 g/mol. The van der Waals surface area contributed by atoms with Crippen molar-refractivity contribution in [2.45, 2.75) is 20.5 Å². The van der Waals surface area contributed by atoms with E-state index in [4.69, 9.17) is 4.74 Å². The first-order valence-electron chi connectivity index (χ1n) is 11.7. The van der Waals surface area contributed by atoms with E-state index in [1.54, 1.807) is 12.1 Å². The van der Waals surface area contributed by atoms with E-state index >= 15 is 0 Å². The lowest BCUT2D eigenvalue weighted by molar-refractivity contribution is -0.115. The fraction of sp³-hybridized carbons (Fsp3) is 0.143. The molecule has 4 aromatic rings. The zero-order valence-corrected chi connectivity index (χ0v) is 20.6. The third-order valence-corrected chi connectivity index (χ3v) is 5.21. The van der Waals surface area contributed by atoms with E-state index in [0.717, 1.165) is 16.9 Å². The van der Waals surface area contributed by atoms with Gasteiger partial charge in [0.05, 0.1) is 0 Å². The van der Waals surface area contributed by atoms with Gasteiger partial charge in [-0.1, -0.05) is 48.0 Å². The third kappa shape index (κ3) is 8.07. The summed E-state index contributed by atoms with van der Waals surface area (Å²) in [6.07, 6.45) is -0.657. The number of benzene rings is 3. The lowest BCUT2D eigenvalue weighted by atomic mass is 10.2. The molecule has 0 radical (unpaired) electrons. The van der Waals surface area contributed by atoms with Crippen LogP contribution < -0.4 is 21.3 Å². The topological polar surface area (TPSA) is 117 Å². The van der Waals surface area contributed by atoms with E-state index in [1.165, 1.54) is 5.56 Å². The van der Waals surface area contributed by atoms with Gasteiger partial charge in [-0.15, -0.1) is 0 Å². The number of carbonyl (C=O) groups is 2. The number of nitrogens with one attached hydrogen (secondary N) is 4. The Morgan fingerprint density at radius 1 is 0.757 bits per heavy atom. The monoisotopic (exact) mass is 496 g/mol. The van der Waals surface area contributed by atoms with Gasteiger partial charge in [0.15, 0.2) is 0 Å². The first-order chi connectivity index (χ1) is 17.9. The van der Waals surface area contributed by atoms with E-state index in [1.807, 2.05) is 86.6 Å². The molecule has 0 bridgehead atoms. The molecule has 9 nitrogen and oxygen atoms in total. The average molecular weight is 497 g/mol. The SMILES string of the molecule is Cc1ccc(Nc2cc(Nc3ccc(NC(=O)CNC(=O)OCc4ccccc4)cc3)nc(C)n2)cc1. The second-order valence-electron chi connectivity index (χ2n) is 8.34. The van der Waals surface area contributed by atoms with Gasteiger partial charge in [-0.05, 0) is 55.8 Å². The van der Waals surface area contributed by atoms with Gasteiger partial charge in [-0.25, -0.2) is 14.8 Å². The second kappa shape index (κ2) is 12.2. The van der Waals surface area contributed by atoms with Gasteiger partial charge < -0.3 is 26.0 Å². The Balaban J connectivity index is 1.26. The molecule has 1 heterocycles. The van der Waals surface area contributed by atoms with Crippen LogP contribution in [-0.4, -0.2) is 28.5 Å². The lowest BCUT2D eigenvalue weighted by Crippen LogP contribution is -2.33. The summed E-state index contributed by atoms with van der Waals surface area (Å²) in [5.74, 6) is 1.57. The summed E-state index contributed by atoms with van der Waals surface area (Å²) >= 11 is 0. The number of rotatable bonds is 9. The molecule has 4 N–H and O–H groups in total. The fourth-order valence-corrected chi connectivity index (χ4v) is 3.40. The summed E-state index contributed by atoms with van der Waals surface area (Å²) in [5.41, 5.74) is 4.37. The van der Waals surface area contributed by atoms with Crippen molar-refractivity contribution in [2.24, 2.45) is 0 Å². The molecule has 3 aromatic carbocycles. The number of alkyl carbamates (subject to hydrolysis) is 1. The molecule has 0 spiro atoms. The molecule has 2 amide bonds. The molecule has 4 rings (SSSR count). The predicted octanol–water partition coefficient (Wildman–Crippen LogP) is 5.45. The van der Waals surface area contributed by atoms with Crippen molar-refractivity contribution in [1.82, 2.24) is 15.3 Å². The number of nitrogens with zero attached hydrogens (tertiary/aromatic N) is 2. The van der Waals surface area contributed by atoms with Crippen molar-refractivity contribution in [3.63, 3.8) is 0 Å². The maximum absolute atomic E-state index is 12.2. The molecule has 0 aliphatic heterocycles. The number of aryl methyl sites for hydroxylation is 2. The number of amides is 2. The van der Waals surface area contributed by atoms with E-state index in [9.17, 15) is 9.59 Å². The minimum Gasteiger partial charge on any atom is -0.445 e. The molecular formula is C28H28N6O3. The Morgan fingerprint density at radius 2 is 1.32 bits per heavy atom. The zero-order valence-electron chi connectivity index (χ0n) is 20.6. The summed E-state index contributed by atoms with van der Waals surface area (Å²) < 4.78 is 5.10. The van der Waals surface area contributed by atoms with Crippen molar-refractivity contribution in [2.75, 3.05) is 22.5 Å². The minimum atomic E-state index is -0.657. The van der Waals surface area contributed by atoms with Gasteiger partial charge in [0.1, 0.15) is 30.6 Å². The van der Waals surface area contributed by atoms with Crippen LogP contribution in [0.4, 0.5) is 33.5 Å². The number of anilines is 5. The van der Waals surface area contributed by atoms with Gasteiger partial charge in [-0.2, -0.15) is 0 Å². The van der Waals surface area contributed by atoms with Crippen LogP contribution in [0.1, 0.15) is 17.0 Å². The highest BCUT2D eigenvalue weighted by Crippen LogP contribution is 2.22. The smallest absolute Gasteiger partial charge is 0.407 e.